The summed E-state index contributed by atoms with van der Waals surface area (Å²) >= 11 is 0. The number of carbonyl (C=O) groups excluding carboxylic acids is 2. The zero-order valence-electron chi connectivity index (χ0n) is 4.49. The predicted octanol–water partition coefficient (Wildman–Crippen LogP) is -3.34. The summed E-state index contributed by atoms with van der Waals surface area (Å²) in [4.78, 5) is 18.8. The van der Waals surface area contributed by atoms with Crippen molar-refractivity contribution in [2.75, 3.05) is 0 Å². The molecule has 0 atom stereocenters. The molecule has 0 rings (SSSR count). The number of carbonyl (C=O) groups is 2. The fourth-order valence-electron chi connectivity index (χ4n) is 0.136. The van der Waals surface area contributed by atoms with Crippen LogP contribution in [0, 0.1) is 0 Å². The number of aliphatic carboxylic acids is 2. The van der Waals surface area contributed by atoms with Gasteiger partial charge in [0.1, 0.15) is 0 Å². The van der Waals surface area contributed by atoms with E-state index >= 15 is 0 Å². The first-order valence-electron chi connectivity index (χ1n) is 1.73. The Morgan fingerprint density at radius 3 is 1.33 bits per heavy atom. The second kappa shape index (κ2) is 6.28. The molecule has 0 N–H and O–H groups in total. The third-order valence-corrected chi connectivity index (χ3v) is 0.355. The van der Waals surface area contributed by atoms with Crippen LogP contribution in [0.5, 0.6) is 0 Å². The molecular formula is C4H2O4Sr. The van der Waals surface area contributed by atoms with Gasteiger partial charge in [-0.2, -0.15) is 0 Å². The van der Waals surface area contributed by atoms with E-state index in [9.17, 15) is 19.8 Å². The van der Waals surface area contributed by atoms with Crippen molar-refractivity contribution in [2.24, 2.45) is 0 Å². The Kier molecular flexibility index (Phi) is 8.31. The predicted molar refractivity (Wildman–Crippen MR) is 24.9 cm³/mol. The molecule has 0 spiro atoms. The van der Waals surface area contributed by atoms with Crippen LogP contribution in [-0.2, 0) is 9.59 Å². The quantitative estimate of drug-likeness (QED) is 0.346. The molecule has 0 amide bonds. The van der Waals surface area contributed by atoms with Crippen LogP contribution in [0.3, 0.4) is 0 Å². The summed E-state index contributed by atoms with van der Waals surface area (Å²) in [6.45, 7) is 0. The molecular weight excluding hydrogens is 200 g/mol. The van der Waals surface area contributed by atoms with E-state index in [-0.39, 0.29) is 45.5 Å². The molecule has 44 valence electrons. The van der Waals surface area contributed by atoms with E-state index in [1.165, 1.54) is 0 Å². The fourth-order valence-corrected chi connectivity index (χ4v) is 0.136. The minimum atomic E-state index is -1.55. The molecule has 0 aliphatic heterocycles. The maximum Gasteiger partial charge on any atom is 2.00 e. The SMILES string of the molecule is O=C([O-])/C=C/C(=O)[O-].[Sr+2]. The van der Waals surface area contributed by atoms with Crippen LogP contribution in [0.2, 0.25) is 0 Å². The number of carboxylic acids is 2. The zero-order valence-corrected chi connectivity index (χ0v) is 7.97. The normalized spacial score (nSPS) is 8.44. The first-order valence-corrected chi connectivity index (χ1v) is 1.73. The maximum absolute atomic E-state index is 9.41. The Morgan fingerprint density at radius 1 is 1.00 bits per heavy atom. The number of rotatable bonds is 2. The molecule has 4 nitrogen and oxygen atoms in total. The Labute approximate surface area is 88.4 Å². The second-order valence-corrected chi connectivity index (χ2v) is 0.971. The number of hydrogen-bond donors (Lipinski definition) is 0. The maximum atomic E-state index is 9.41. The van der Waals surface area contributed by atoms with Crippen LogP contribution in [0.4, 0.5) is 0 Å². The van der Waals surface area contributed by atoms with Gasteiger partial charge in [0.2, 0.25) is 0 Å². The van der Waals surface area contributed by atoms with E-state index < -0.39 is 11.9 Å². The second-order valence-electron chi connectivity index (χ2n) is 0.971. The van der Waals surface area contributed by atoms with Crippen molar-refractivity contribution in [3.8, 4) is 0 Å². The largest absolute Gasteiger partial charge is 2.00 e. The van der Waals surface area contributed by atoms with E-state index in [4.69, 9.17) is 0 Å². The standard InChI is InChI=1S/C4H4O4.Sr/c5-3(6)1-2-4(7)8;/h1-2H,(H,5,6)(H,7,8);/q;+2/p-2/b2-1+;. The summed E-state index contributed by atoms with van der Waals surface area (Å²) < 4.78 is 0. The van der Waals surface area contributed by atoms with Gasteiger partial charge in [0.05, 0.1) is 11.9 Å². The van der Waals surface area contributed by atoms with Gasteiger partial charge in [-0.25, -0.2) is 0 Å². The van der Waals surface area contributed by atoms with Crippen LogP contribution < -0.4 is 10.2 Å². The van der Waals surface area contributed by atoms with Gasteiger partial charge >= 0.3 is 45.5 Å². The van der Waals surface area contributed by atoms with Crippen LogP contribution in [0.1, 0.15) is 0 Å². The molecule has 0 radical (unpaired) electrons. The summed E-state index contributed by atoms with van der Waals surface area (Å²) in [5, 5.41) is 18.8. The third-order valence-electron chi connectivity index (χ3n) is 0.355. The third kappa shape index (κ3) is 11.6. The van der Waals surface area contributed by atoms with Crippen molar-refractivity contribution in [3.63, 3.8) is 0 Å². The molecule has 0 aromatic carbocycles. The van der Waals surface area contributed by atoms with E-state index in [2.05, 4.69) is 0 Å². The van der Waals surface area contributed by atoms with Gasteiger partial charge in [0, 0.05) is 0 Å². The average Bonchev–Trinajstić information content (AvgIpc) is 1.61. The first-order chi connectivity index (χ1) is 3.63. The summed E-state index contributed by atoms with van der Waals surface area (Å²) in [5.41, 5.74) is 0. The molecule has 0 bridgehead atoms. The van der Waals surface area contributed by atoms with Crippen LogP contribution in [0.15, 0.2) is 12.2 Å². The molecule has 0 aromatic rings. The summed E-state index contributed by atoms with van der Waals surface area (Å²) in [7, 11) is 0. The van der Waals surface area contributed by atoms with Gasteiger partial charge in [0.25, 0.3) is 0 Å². The number of hydrogen-bond acceptors (Lipinski definition) is 4. The number of carboxylic acid groups (broad SMARTS) is 2. The summed E-state index contributed by atoms with van der Waals surface area (Å²) in [5.74, 6) is -3.09. The summed E-state index contributed by atoms with van der Waals surface area (Å²) in [6.07, 6.45) is 0.769. The zero-order chi connectivity index (χ0) is 6.57. The monoisotopic (exact) mass is 202 g/mol. The van der Waals surface area contributed by atoms with Crippen molar-refractivity contribution >= 4 is 57.4 Å². The Balaban J connectivity index is 0. The summed E-state index contributed by atoms with van der Waals surface area (Å²) in [6, 6.07) is 0. The molecule has 5 heteroatoms. The minimum absolute atomic E-state index is 0. The molecule has 0 aromatic heterocycles. The topological polar surface area (TPSA) is 80.3 Å². The van der Waals surface area contributed by atoms with Gasteiger partial charge in [-0.3, -0.25) is 0 Å². The van der Waals surface area contributed by atoms with Crippen molar-refractivity contribution in [3.05, 3.63) is 12.2 Å². The van der Waals surface area contributed by atoms with Crippen molar-refractivity contribution in [1.82, 2.24) is 0 Å². The van der Waals surface area contributed by atoms with Crippen LogP contribution >= 0.6 is 0 Å². The van der Waals surface area contributed by atoms with Crippen LogP contribution in [0.25, 0.3) is 0 Å². The molecule has 0 aliphatic carbocycles. The van der Waals surface area contributed by atoms with Gasteiger partial charge in [-0.1, -0.05) is 0 Å². The molecule has 0 unspecified atom stereocenters. The van der Waals surface area contributed by atoms with E-state index in [0.717, 1.165) is 0 Å². The smallest absolute Gasteiger partial charge is 0.545 e. The van der Waals surface area contributed by atoms with Crippen molar-refractivity contribution in [1.29, 1.82) is 0 Å². The Morgan fingerprint density at radius 2 is 1.22 bits per heavy atom. The Bertz CT molecular complexity index is 124. The molecule has 0 fully saturated rings. The van der Waals surface area contributed by atoms with E-state index in [1.807, 2.05) is 0 Å². The minimum Gasteiger partial charge on any atom is -0.545 e. The van der Waals surface area contributed by atoms with Gasteiger partial charge < -0.3 is 19.8 Å². The molecule has 9 heavy (non-hydrogen) atoms. The van der Waals surface area contributed by atoms with Crippen molar-refractivity contribution < 1.29 is 19.8 Å². The molecule has 0 heterocycles. The average molecular weight is 202 g/mol. The van der Waals surface area contributed by atoms with Gasteiger partial charge in [0.15, 0.2) is 0 Å². The molecule has 0 saturated carbocycles. The van der Waals surface area contributed by atoms with Gasteiger partial charge in [-0.05, 0) is 12.2 Å². The van der Waals surface area contributed by atoms with Crippen LogP contribution in [-0.4, -0.2) is 57.4 Å². The van der Waals surface area contributed by atoms with E-state index in [1.54, 1.807) is 0 Å². The van der Waals surface area contributed by atoms with Crippen molar-refractivity contribution in [2.45, 2.75) is 0 Å². The first kappa shape index (κ1) is 11.9. The Hall–Kier alpha value is 0.161. The fraction of sp³-hybridized carbons (Fsp3) is 0. The molecule has 0 aliphatic rings. The van der Waals surface area contributed by atoms with Gasteiger partial charge in [-0.15, -0.1) is 0 Å². The molecule has 0 saturated heterocycles. The van der Waals surface area contributed by atoms with E-state index in [0.29, 0.717) is 12.2 Å².